The summed E-state index contributed by atoms with van der Waals surface area (Å²) in [4.78, 5) is 19.1. The van der Waals surface area contributed by atoms with Crippen molar-refractivity contribution in [1.82, 2.24) is 9.88 Å². The molecular formula is C19H26ClN3O. The van der Waals surface area contributed by atoms with E-state index in [2.05, 4.69) is 15.2 Å². The molecule has 4 nitrogen and oxygen atoms in total. The molecule has 0 spiro atoms. The van der Waals surface area contributed by atoms with Crippen LogP contribution >= 0.6 is 11.6 Å². The third-order valence-corrected chi connectivity index (χ3v) is 5.79. The Kier molecular flexibility index (Phi) is 4.77. The Morgan fingerprint density at radius 3 is 2.58 bits per heavy atom. The SMILES string of the molecule is O=C(c1cnc(Cl)cc1NCC1CCN(CC2CC2)CC1)C1CC1. The second-order valence-corrected chi connectivity index (χ2v) is 8.15. The minimum absolute atomic E-state index is 0.208. The summed E-state index contributed by atoms with van der Waals surface area (Å²) in [5, 5.41) is 3.94. The van der Waals surface area contributed by atoms with E-state index in [1.54, 1.807) is 12.3 Å². The molecule has 1 aromatic heterocycles. The van der Waals surface area contributed by atoms with Gasteiger partial charge in [0, 0.05) is 30.9 Å². The number of halogens is 1. The van der Waals surface area contributed by atoms with Gasteiger partial charge in [0.25, 0.3) is 0 Å². The number of hydrogen-bond acceptors (Lipinski definition) is 4. The van der Waals surface area contributed by atoms with E-state index in [9.17, 15) is 4.79 Å². The maximum atomic E-state index is 12.4. The lowest BCUT2D eigenvalue weighted by molar-refractivity contribution is 0.0968. The van der Waals surface area contributed by atoms with E-state index in [0.29, 0.717) is 16.6 Å². The number of nitrogens with zero attached hydrogens (tertiary/aromatic N) is 2. The first kappa shape index (κ1) is 16.3. The van der Waals surface area contributed by atoms with Crippen molar-refractivity contribution in [3.05, 3.63) is 23.0 Å². The first-order valence-electron chi connectivity index (χ1n) is 9.35. The predicted molar refractivity (Wildman–Crippen MR) is 96.7 cm³/mol. The lowest BCUT2D eigenvalue weighted by atomic mass is 9.96. The van der Waals surface area contributed by atoms with Crippen LogP contribution in [0.25, 0.3) is 0 Å². The molecule has 24 heavy (non-hydrogen) atoms. The molecule has 1 N–H and O–H groups in total. The lowest BCUT2D eigenvalue weighted by Crippen LogP contribution is -2.37. The molecule has 1 aromatic rings. The van der Waals surface area contributed by atoms with Gasteiger partial charge in [-0.25, -0.2) is 4.98 Å². The van der Waals surface area contributed by atoms with Crippen LogP contribution in [0.2, 0.25) is 5.15 Å². The van der Waals surface area contributed by atoms with Gasteiger partial charge in [0.15, 0.2) is 5.78 Å². The van der Waals surface area contributed by atoms with E-state index >= 15 is 0 Å². The van der Waals surface area contributed by atoms with Gasteiger partial charge in [-0.15, -0.1) is 0 Å². The summed E-state index contributed by atoms with van der Waals surface area (Å²) in [6.45, 7) is 4.66. The fourth-order valence-corrected chi connectivity index (χ4v) is 3.79. The third-order valence-electron chi connectivity index (χ3n) is 5.59. The lowest BCUT2D eigenvalue weighted by Gasteiger charge is -2.32. The molecule has 0 amide bonds. The van der Waals surface area contributed by atoms with Gasteiger partial charge >= 0.3 is 0 Å². The number of aromatic nitrogens is 1. The number of carbonyl (C=O) groups is 1. The van der Waals surface area contributed by atoms with Gasteiger partial charge in [-0.2, -0.15) is 0 Å². The Morgan fingerprint density at radius 2 is 1.92 bits per heavy atom. The fraction of sp³-hybridized carbons (Fsp3) is 0.684. The van der Waals surface area contributed by atoms with E-state index in [1.165, 1.54) is 45.3 Å². The zero-order valence-corrected chi connectivity index (χ0v) is 14.9. The van der Waals surface area contributed by atoms with Crippen LogP contribution in [-0.2, 0) is 0 Å². The van der Waals surface area contributed by atoms with Crippen molar-refractivity contribution in [2.45, 2.75) is 38.5 Å². The first-order chi connectivity index (χ1) is 11.7. The molecule has 0 aromatic carbocycles. The van der Waals surface area contributed by atoms with Crippen LogP contribution < -0.4 is 5.32 Å². The van der Waals surface area contributed by atoms with Gasteiger partial charge in [-0.05, 0) is 69.5 Å². The summed E-state index contributed by atoms with van der Waals surface area (Å²) in [6.07, 6.45) is 9.02. The summed E-state index contributed by atoms with van der Waals surface area (Å²) >= 11 is 6.04. The highest BCUT2D eigenvalue weighted by molar-refractivity contribution is 6.29. The Labute approximate surface area is 149 Å². The quantitative estimate of drug-likeness (QED) is 0.601. The van der Waals surface area contributed by atoms with Crippen LogP contribution in [0.3, 0.4) is 0 Å². The molecule has 1 aliphatic heterocycles. The Morgan fingerprint density at radius 1 is 1.17 bits per heavy atom. The standard InChI is InChI=1S/C19H26ClN3O/c20-18-9-17(16(11-22-18)19(24)15-3-4-15)21-10-13-5-7-23(8-6-13)12-14-1-2-14/h9,11,13-15H,1-8,10,12H2,(H,21,22). The van der Waals surface area contributed by atoms with Crippen LogP contribution in [-0.4, -0.2) is 41.8 Å². The minimum Gasteiger partial charge on any atom is -0.384 e. The van der Waals surface area contributed by atoms with E-state index in [-0.39, 0.29) is 11.7 Å². The smallest absolute Gasteiger partial charge is 0.169 e. The largest absolute Gasteiger partial charge is 0.384 e. The number of Topliss-reactive ketones (excluding diaryl/α,β-unsaturated/α-hetero) is 1. The first-order valence-corrected chi connectivity index (χ1v) is 9.73. The Balaban J connectivity index is 1.32. The average Bonchev–Trinajstić information content (AvgIpc) is 3.47. The highest BCUT2D eigenvalue weighted by Gasteiger charge is 2.32. The van der Waals surface area contributed by atoms with Gasteiger partial charge in [-0.1, -0.05) is 11.6 Å². The number of nitrogens with one attached hydrogen (secondary N) is 1. The van der Waals surface area contributed by atoms with Crippen molar-refractivity contribution >= 4 is 23.1 Å². The van der Waals surface area contributed by atoms with Gasteiger partial charge in [0.2, 0.25) is 0 Å². The van der Waals surface area contributed by atoms with Crippen molar-refractivity contribution in [1.29, 1.82) is 0 Å². The second-order valence-electron chi connectivity index (χ2n) is 7.76. The number of piperidine rings is 1. The molecule has 1 saturated heterocycles. The number of hydrogen-bond donors (Lipinski definition) is 1. The highest BCUT2D eigenvalue weighted by atomic mass is 35.5. The van der Waals surface area contributed by atoms with Gasteiger partial charge < -0.3 is 10.2 Å². The molecule has 4 rings (SSSR count). The number of anilines is 1. The molecular weight excluding hydrogens is 322 g/mol. The summed E-state index contributed by atoms with van der Waals surface area (Å²) in [5.74, 6) is 2.09. The summed E-state index contributed by atoms with van der Waals surface area (Å²) < 4.78 is 0. The molecule has 2 heterocycles. The van der Waals surface area contributed by atoms with Crippen LogP contribution in [0.1, 0.15) is 48.9 Å². The minimum atomic E-state index is 0.208. The van der Waals surface area contributed by atoms with Gasteiger partial charge in [0.05, 0.1) is 5.56 Å². The molecule has 130 valence electrons. The van der Waals surface area contributed by atoms with E-state index in [4.69, 9.17) is 11.6 Å². The average molecular weight is 348 g/mol. The summed E-state index contributed by atoms with van der Waals surface area (Å²) in [5.41, 5.74) is 1.58. The fourth-order valence-electron chi connectivity index (χ4n) is 3.63. The van der Waals surface area contributed by atoms with Crippen LogP contribution in [0.15, 0.2) is 12.3 Å². The summed E-state index contributed by atoms with van der Waals surface area (Å²) in [7, 11) is 0. The van der Waals surface area contributed by atoms with Crippen molar-refractivity contribution in [2.24, 2.45) is 17.8 Å². The Hall–Kier alpha value is -1.13. The maximum absolute atomic E-state index is 12.4. The maximum Gasteiger partial charge on any atom is 0.169 e. The molecule has 5 heteroatoms. The normalized spacial score (nSPS) is 22.5. The number of ketones is 1. The molecule has 3 fully saturated rings. The van der Waals surface area contributed by atoms with Crippen LogP contribution in [0, 0.1) is 17.8 Å². The van der Waals surface area contributed by atoms with Crippen molar-refractivity contribution in [2.75, 3.05) is 31.5 Å². The Bertz CT molecular complexity index is 605. The topological polar surface area (TPSA) is 45.2 Å². The third kappa shape index (κ3) is 4.09. The molecule has 3 aliphatic rings. The van der Waals surface area contributed by atoms with Crippen LogP contribution in [0.5, 0.6) is 0 Å². The number of likely N-dealkylation sites (tertiary alicyclic amines) is 1. The monoisotopic (exact) mass is 347 g/mol. The molecule has 0 radical (unpaired) electrons. The van der Waals surface area contributed by atoms with Gasteiger partial charge in [0.1, 0.15) is 5.15 Å². The zero-order valence-electron chi connectivity index (χ0n) is 14.1. The molecule has 0 unspecified atom stereocenters. The number of pyridine rings is 1. The molecule has 2 saturated carbocycles. The molecule has 0 bridgehead atoms. The van der Waals surface area contributed by atoms with E-state index < -0.39 is 0 Å². The van der Waals surface area contributed by atoms with E-state index in [0.717, 1.165) is 31.0 Å². The second kappa shape index (κ2) is 7.01. The van der Waals surface area contributed by atoms with E-state index in [1.807, 2.05) is 0 Å². The predicted octanol–water partition coefficient (Wildman–Crippen LogP) is 3.86. The summed E-state index contributed by atoms with van der Waals surface area (Å²) in [6, 6.07) is 1.80. The zero-order chi connectivity index (χ0) is 16.5. The van der Waals surface area contributed by atoms with Crippen molar-refractivity contribution < 1.29 is 4.79 Å². The van der Waals surface area contributed by atoms with Crippen LogP contribution in [0.4, 0.5) is 5.69 Å². The van der Waals surface area contributed by atoms with Crippen molar-refractivity contribution in [3.8, 4) is 0 Å². The van der Waals surface area contributed by atoms with Crippen molar-refractivity contribution in [3.63, 3.8) is 0 Å². The van der Waals surface area contributed by atoms with Gasteiger partial charge in [-0.3, -0.25) is 4.79 Å². The number of carbonyl (C=O) groups excluding carboxylic acids is 1. The highest BCUT2D eigenvalue weighted by Crippen LogP contribution is 2.35. The number of rotatable bonds is 7. The molecule has 0 atom stereocenters. The molecule has 2 aliphatic carbocycles.